The zero-order valence-corrected chi connectivity index (χ0v) is 17.3. The maximum atomic E-state index is 13.0. The van der Waals surface area contributed by atoms with Crippen molar-refractivity contribution in [3.8, 4) is 0 Å². The molecule has 0 atom stereocenters. The van der Waals surface area contributed by atoms with Gasteiger partial charge in [0.05, 0.1) is 6.54 Å². The molecule has 2 heterocycles. The summed E-state index contributed by atoms with van der Waals surface area (Å²) in [5, 5.41) is 2.99. The molecule has 0 spiro atoms. The van der Waals surface area contributed by atoms with Crippen LogP contribution in [0, 0.1) is 19.8 Å². The standard InChI is InChI=1S/C24H29N3O2/c1-17-7-8-21(15-18(17)2)25-23(28)16-26-12-9-20(10-13-26)24(29)27-14-11-19-5-3-4-6-22(19)27/h3-8,15,20H,9-14,16H2,1-2H3,(H,25,28). The summed E-state index contributed by atoms with van der Waals surface area (Å²) < 4.78 is 0. The number of likely N-dealkylation sites (tertiary alicyclic amines) is 1. The molecule has 0 aliphatic carbocycles. The normalized spacial score (nSPS) is 17.2. The van der Waals surface area contributed by atoms with Crippen LogP contribution in [-0.4, -0.2) is 42.9 Å². The molecule has 0 aromatic heterocycles. The van der Waals surface area contributed by atoms with Crippen molar-refractivity contribution in [1.29, 1.82) is 0 Å². The van der Waals surface area contributed by atoms with Crippen molar-refractivity contribution in [2.75, 3.05) is 36.4 Å². The Bertz CT molecular complexity index is 916. The Kier molecular flexibility index (Phi) is 5.67. The molecule has 2 aliphatic heterocycles. The first kappa shape index (κ1) is 19.6. The lowest BCUT2D eigenvalue weighted by atomic mass is 9.95. The van der Waals surface area contributed by atoms with E-state index in [1.807, 2.05) is 48.2 Å². The van der Waals surface area contributed by atoms with Crippen LogP contribution < -0.4 is 10.2 Å². The molecule has 2 aromatic rings. The molecule has 2 aliphatic rings. The van der Waals surface area contributed by atoms with E-state index in [1.54, 1.807) is 0 Å². The minimum atomic E-state index is 0.00602. The van der Waals surface area contributed by atoms with E-state index < -0.39 is 0 Å². The lowest BCUT2D eigenvalue weighted by molar-refractivity contribution is -0.123. The van der Waals surface area contributed by atoms with Gasteiger partial charge in [0.15, 0.2) is 0 Å². The molecule has 1 saturated heterocycles. The van der Waals surface area contributed by atoms with Crippen LogP contribution in [0.1, 0.15) is 29.5 Å². The summed E-state index contributed by atoms with van der Waals surface area (Å²) in [6, 6.07) is 14.2. The lowest BCUT2D eigenvalue weighted by Gasteiger charge is -2.32. The molecule has 2 aromatic carbocycles. The third-order valence-electron chi connectivity index (χ3n) is 6.25. The number of hydrogen-bond acceptors (Lipinski definition) is 3. The molecule has 0 radical (unpaired) electrons. The van der Waals surface area contributed by atoms with Crippen LogP contribution in [0.2, 0.25) is 0 Å². The Morgan fingerprint density at radius 3 is 2.52 bits per heavy atom. The highest BCUT2D eigenvalue weighted by atomic mass is 16.2. The molecule has 152 valence electrons. The lowest BCUT2D eigenvalue weighted by Crippen LogP contribution is -2.44. The quantitative estimate of drug-likeness (QED) is 0.867. The Morgan fingerprint density at radius 1 is 1.00 bits per heavy atom. The Labute approximate surface area is 172 Å². The van der Waals surface area contributed by atoms with E-state index in [1.165, 1.54) is 16.7 Å². The van der Waals surface area contributed by atoms with Gasteiger partial charge in [-0.05, 0) is 81.1 Å². The van der Waals surface area contributed by atoms with Crippen molar-refractivity contribution in [3.05, 3.63) is 59.2 Å². The van der Waals surface area contributed by atoms with Crippen molar-refractivity contribution in [3.63, 3.8) is 0 Å². The second kappa shape index (κ2) is 8.37. The number of piperidine rings is 1. The van der Waals surface area contributed by atoms with Crippen molar-refractivity contribution in [1.82, 2.24) is 4.90 Å². The van der Waals surface area contributed by atoms with Crippen molar-refractivity contribution in [2.24, 2.45) is 5.92 Å². The molecule has 0 saturated carbocycles. The fraction of sp³-hybridized carbons (Fsp3) is 0.417. The summed E-state index contributed by atoms with van der Waals surface area (Å²) in [5.41, 5.74) is 5.57. The number of benzene rings is 2. The van der Waals surface area contributed by atoms with E-state index in [2.05, 4.69) is 23.2 Å². The number of fused-ring (bicyclic) bond motifs is 1. The van der Waals surface area contributed by atoms with E-state index >= 15 is 0 Å². The fourth-order valence-corrected chi connectivity index (χ4v) is 4.35. The SMILES string of the molecule is Cc1ccc(NC(=O)CN2CCC(C(=O)N3CCc4ccccc43)CC2)cc1C. The second-order valence-electron chi connectivity index (χ2n) is 8.27. The van der Waals surface area contributed by atoms with Gasteiger partial charge in [-0.15, -0.1) is 0 Å². The number of nitrogens with zero attached hydrogens (tertiary/aromatic N) is 2. The number of nitrogens with one attached hydrogen (secondary N) is 1. The third-order valence-corrected chi connectivity index (χ3v) is 6.25. The van der Waals surface area contributed by atoms with Gasteiger partial charge in [-0.3, -0.25) is 14.5 Å². The number of rotatable bonds is 4. The van der Waals surface area contributed by atoms with Gasteiger partial charge < -0.3 is 10.2 Å². The van der Waals surface area contributed by atoms with Crippen LogP contribution in [-0.2, 0) is 16.0 Å². The van der Waals surface area contributed by atoms with Gasteiger partial charge in [0, 0.05) is 23.8 Å². The highest BCUT2D eigenvalue weighted by Crippen LogP contribution is 2.31. The average Bonchev–Trinajstić information content (AvgIpc) is 3.15. The number of amides is 2. The second-order valence-corrected chi connectivity index (χ2v) is 8.27. The maximum Gasteiger partial charge on any atom is 0.238 e. The monoisotopic (exact) mass is 391 g/mol. The summed E-state index contributed by atoms with van der Waals surface area (Å²) >= 11 is 0. The maximum absolute atomic E-state index is 13.0. The van der Waals surface area contributed by atoms with Crippen LogP contribution in [0.3, 0.4) is 0 Å². The van der Waals surface area contributed by atoms with Gasteiger partial charge in [0.25, 0.3) is 0 Å². The van der Waals surface area contributed by atoms with Crippen LogP contribution in [0.4, 0.5) is 11.4 Å². The predicted octanol–water partition coefficient (Wildman–Crippen LogP) is 3.54. The zero-order valence-electron chi connectivity index (χ0n) is 17.3. The molecule has 1 N–H and O–H groups in total. The minimum Gasteiger partial charge on any atom is -0.325 e. The molecule has 0 bridgehead atoms. The number of para-hydroxylation sites is 1. The van der Waals surface area contributed by atoms with E-state index in [4.69, 9.17) is 0 Å². The van der Waals surface area contributed by atoms with Gasteiger partial charge in [-0.25, -0.2) is 0 Å². The van der Waals surface area contributed by atoms with Crippen molar-refractivity contribution in [2.45, 2.75) is 33.1 Å². The fourth-order valence-electron chi connectivity index (χ4n) is 4.35. The van der Waals surface area contributed by atoms with Crippen LogP contribution in [0.25, 0.3) is 0 Å². The Balaban J connectivity index is 1.28. The summed E-state index contributed by atoms with van der Waals surface area (Å²) in [4.78, 5) is 29.5. The number of carbonyl (C=O) groups excluding carboxylic acids is 2. The number of anilines is 2. The predicted molar refractivity (Wildman–Crippen MR) is 116 cm³/mol. The molecular weight excluding hydrogens is 362 g/mol. The molecule has 29 heavy (non-hydrogen) atoms. The topological polar surface area (TPSA) is 52.7 Å². The van der Waals surface area contributed by atoms with Crippen LogP contribution in [0.5, 0.6) is 0 Å². The van der Waals surface area contributed by atoms with Gasteiger partial charge in [-0.1, -0.05) is 24.3 Å². The number of aryl methyl sites for hydroxylation is 2. The summed E-state index contributed by atoms with van der Waals surface area (Å²) in [7, 11) is 0. The Morgan fingerprint density at radius 2 is 1.76 bits per heavy atom. The molecule has 2 amide bonds. The highest BCUT2D eigenvalue weighted by molar-refractivity contribution is 5.97. The molecule has 4 rings (SSSR count). The summed E-state index contributed by atoms with van der Waals surface area (Å²) in [6.45, 7) is 6.84. The van der Waals surface area contributed by atoms with Crippen LogP contribution in [0.15, 0.2) is 42.5 Å². The first-order chi connectivity index (χ1) is 14.0. The smallest absolute Gasteiger partial charge is 0.238 e. The first-order valence-corrected chi connectivity index (χ1v) is 10.5. The summed E-state index contributed by atoms with van der Waals surface area (Å²) in [5.74, 6) is 0.306. The Hall–Kier alpha value is -2.66. The van der Waals surface area contributed by atoms with E-state index in [-0.39, 0.29) is 17.7 Å². The molecule has 0 unspecified atom stereocenters. The highest BCUT2D eigenvalue weighted by Gasteiger charge is 2.32. The molecule has 5 nitrogen and oxygen atoms in total. The van der Waals surface area contributed by atoms with Gasteiger partial charge in [-0.2, -0.15) is 0 Å². The molecular formula is C24H29N3O2. The minimum absolute atomic E-state index is 0.00602. The first-order valence-electron chi connectivity index (χ1n) is 10.5. The van der Waals surface area contributed by atoms with Crippen molar-refractivity contribution < 1.29 is 9.59 Å². The van der Waals surface area contributed by atoms with Gasteiger partial charge in [0.1, 0.15) is 0 Å². The van der Waals surface area contributed by atoms with E-state index in [0.717, 1.165) is 50.3 Å². The average molecular weight is 392 g/mol. The molecule has 1 fully saturated rings. The largest absolute Gasteiger partial charge is 0.325 e. The van der Waals surface area contributed by atoms with Crippen LogP contribution >= 0.6 is 0 Å². The summed E-state index contributed by atoms with van der Waals surface area (Å²) in [6.07, 6.45) is 2.57. The third kappa shape index (κ3) is 4.35. The van der Waals surface area contributed by atoms with Gasteiger partial charge in [0.2, 0.25) is 11.8 Å². The number of carbonyl (C=O) groups is 2. The number of hydrogen-bond donors (Lipinski definition) is 1. The van der Waals surface area contributed by atoms with Gasteiger partial charge >= 0.3 is 0 Å². The van der Waals surface area contributed by atoms with Crippen molar-refractivity contribution >= 4 is 23.2 Å². The van der Waals surface area contributed by atoms with E-state index in [9.17, 15) is 9.59 Å². The molecule has 5 heteroatoms. The zero-order chi connectivity index (χ0) is 20.4. The van der Waals surface area contributed by atoms with E-state index in [0.29, 0.717) is 6.54 Å².